The van der Waals surface area contributed by atoms with Gasteiger partial charge in [-0.3, -0.25) is 0 Å². The average molecular weight is 505 g/mol. The van der Waals surface area contributed by atoms with Crippen LogP contribution in [0.4, 0.5) is 5.69 Å². The molecule has 7 rings (SSSR count). The first-order valence-electron chi connectivity index (χ1n) is 15.0. The molecular weight excluding hydrogens is 460 g/mol. The number of aryl methyl sites for hydroxylation is 1. The minimum absolute atomic E-state index is 0.340. The number of hydrogen-bond donors (Lipinski definition) is 0. The number of morpholine rings is 1. The lowest BCUT2D eigenvalue weighted by Gasteiger charge is -2.62. The number of thioether (sulfide) groups is 1. The van der Waals surface area contributed by atoms with Crippen LogP contribution in [0.2, 0.25) is 0 Å². The van der Waals surface area contributed by atoms with Crippen molar-refractivity contribution < 1.29 is 4.74 Å². The highest BCUT2D eigenvalue weighted by molar-refractivity contribution is 8.00. The minimum atomic E-state index is 0.340. The van der Waals surface area contributed by atoms with Crippen LogP contribution in [0.25, 0.3) is 0 Å². The summed E-state index contributed by atoms with van der Waals surface area (Å²) in [6.07, 6.45) is 22.7. The maximum atomic E-state index is 7.25. The maximum Gasteiger partial charge on any atom is 0.0921 e. The molecular formula is C32H44N2OS. The molecule has 5 fully saturated rings. The Morgan fingerprint density at radius 3 is 2.36 bits per heavy atom. The van der Waals surface area contributed by atoms with Crippen LogP contribution in [0, 0.1) is 12.8 Å². The van der Waals surface area contributed by atoms with Crippen molar-refractivity contribution in [2.75, 3.05) is 4.90 Å². The zero-order valence-corrected chi connectivity index (χ0v) is 23.0. The van der Waals surface area contributed by atoms with Crippen molar-refractivity contribution >= 4 is 17.4 Å². The number of rotatable bonds is 2. The van der Waals surface area contributed by atoms with E-state index in [1.165, 1.54) is 87.6 Å². The van der Waals surface area contributed by atoms with Crippen LogP contribution in [0.5, 0.6) is 0 Å². The fourth-order valence-corrected chi connectivity index (χ4v) is 10.4. The van der Waals surface area contributed by atoms with Crippen molar-refractivity contribution in [2.45, 2.75) is 131 Å². The predicted molar refractivity (Wildman–Crippen MR) is 152 cm³/mol. The number of hydrogen-bond acceptors (Lipinski definition) is 4. The van der Waals surface area contributed by atoms with Crippen LogP contribution < -0.4 is 4.90 Å². The molecule has 194 valence electrons. The van der Waals surface area contributed by atoms with Gasteiger partial charge in [0.25, 0.3) is 0 Å². The number of benzene rings is 1. The first-order chi connectivity index (χ1) is 17.7. The topological polar surface area (TPSA) is 15.7 Å². The van der Waals surface area contributed by atoms with Crippen molar-refractivity contribution in [2.24, 2.45) is 5.92 Å². The van der Waals surface area contributed by atoms with Gasteiger partial charge in [-0.25, -0.2) is 0 Å². The van der Waals surface area contributed by atoms with Gasteiger partial charge in [0.05, 0.1) is 29.5 Å². The highest BCUT2D eigenvalue weighted by atomic mass is 32.2. The van der Waals surface area contributed by atoms with Gasteiger partial charge < -0.3 is 14.5 Å². The van der Waals surface area contributed by atoms with E-state index in [-0.39, 0.29) is 0 Å². The standard InChI is InChI=1S/C32H44N2OS/c1-21-11-15-23(16-12-21)33-25-7-3-5-9-29(25)35-31-27(33)19-20-28-32(31)36-30-10-6-4-8-26(30)34(28)24-17-13-22(2)14-18-24/h11-13,15-18,22,25-32H,3-10,14,19-20H2,1-2H3/t22-,25?,26?,27?,28?,29?,30?,31?,32?/m0/s1. The number of anilines is 1. The molecule has 2 aliphatic heterocycles. The van der Waals surface area contributed by atoms with Gasteiger partial charge >= 0.3 is 0 Å². The minimum Gasteiger partial charge on any atom is -0.369 e. The first-order valence-corrected chi connectivity index (χ1v) is 15.9. The number of allylic oxidation sites excluding steroid dienone is 3. The van der Waals surface area contributed by atoms with E-state index >= 15 is 0 Å². The summed E-state index contributed by atoms with van der Waals surface area (Å²) in [6.45, 7) is 4.56. The molecule has 6 aliphatic rings. The second kappa shape index (κ2) is 9.73. The van der Waals surface area contributed by atoms with E-state index < -0.39 is 0 Å². The molecule has 0 bridgehead atoms. The normalized spacial score (nSPS) is 42.1. The van der Waals surface area contributed by atoms with Crippen molar-refractivity contribution in [1.29, 1.82) is 0 Å². The first kappa shape index (κ1) is 23.7. The van der Waals surface area contributed by atoms with E-state index in [1.807, 2.05) is 0 Å². The summed E-state index contributed by atoms with van der Waals surface area (Å²) in [5.74, 6) is 0.676. The summed E-state index contributed by atoms with van der Waals surface area (Å²) in [7, 11) is 0. The predicted octanol–water partition coefficient (Wildman–Crippen LogP) is 7.25. The van der Waals surface area contributed by atoms with Crippen LogP contribution >= 0.6 is 11.8 Å². The highest BCUT2D eigenvalue weighted by Gasteiger charge is 2.56. The molecule has 0 amide bonds. The van der Waals surface area contributed by atoms with Gasteiger partial charge in [0.2, 0.25) is 0 Å². The Morgan fingerprint density at radius 1 is 0.806 bits per heavy atom. The average Bonchev–Trinajstić information content (AvgIpc) is 2.92. The largest absolute Gasteiger partial charge is 0.369 e. The summed E-state index contributed by atoms with van der Waals surface area (Å²) < 4.78 is 7.25. The van der Waals surface area contributed by atoms with Crippen LogP contribution in [0.1, 0.15) is 83.1 Å². The molecule has 4 heteroatoms. The van der Waals surface area contributed by atoms with E-state index in [9.17, 15) is 0 Å². The van der Waals surface area contributed by atoms with E-state index in [1.54, 1.807) is 0 Å². The zero-order valence-electron chi connectivity index (χ0n) is 22.2. The Hall–Kier alpha value is -1.39. The second-order valence-corrected chi connectivity index (χ2v) is 14.0. The summed E-state index contributed by atoms with van der Waals surface area (Å²) in [5, 5.41) is 1.33. The molecule has 8 unspecified atom stereocenters. The Labute approximate surface area is 222 Å². The number of ether oxygens (including phenoxy) is 1. The van der Waals surface area contributed by atoms with E-state index in [4.69, 9.17) is 4.74 Å². The molecule has 0 radical (unpaired) electrons. The highest BCUT2D eigenvalue weighted by Crippen LogP contribution is 2.52. The van der Waals surface area contributed by atoms with E-state index in [2.05, 4.69) is 77.9 Å². The van der Waals surface area contributed by atoms with E-state index in [0.29, 0.717) is 47.5 Å². The fraction of sp³-hybridized carbons (Fsp3) is 0.688. The van der Waals surface area contributed by atoms with Gasteiger partial charge in [-0.1, -0.05) is 62.5 Å². The lowest BCUT2D eigenvalue weighted by atomic mass is 9.78. The Balaban J connectivity index is 1.25. The molecule has 2 saturated heterocycles. The molecule has 1 aromatic rings. The van der Waals surface area contributed by atoms with Gasteiger partial charge in [-0.2, -0.15) is 0 Å². The molecule has 3 saturated carbocycles. The van der Waals surface area contributed by atoms with E-state index in [0.717, 1.165) is 5.25 Å². The summed E-state index contributed by atoms with van der Waals surface area (Å²) in [4.78, 5) is 5.81. The summed E-state index contributed by atoms with van der Waals surface area (Å²) in [6, 6.07) is 11.8. The second-order valence-electron chi connectivity index (χ2n) is 12.5. The SMILES string of the molecule is Cc1ccc(N2C3CCCCC3OC3C4SC5CCCCC5N(C5=CC[C@@H](C)C=C5)C4CCC32)cc1. The molecule has 1 aromatic carbocycles. The number of fused-ring (bicyclic) bond motifs is 5. The zero-order chi connectivity index (χ0) is 24.2. The van der Waals surface area contributed by atoms with Gasteiger partial charge in [0.1, 0.15) is 0 Å². The summed E-state index contributed by atoms with van der Waals surface area (Å²) in [5.41, 5.74) is 4.33. The van der Waals surface area contributed by atoms with Crippen molar-refractivity contribution in [3.05, 3.63) is 53.8 Å². The van der Waals surface area contributed by atoms with Gasteiger partial charge in [-0.15, -0.1) is 11.8 Å². The van der Waals surface area contributed by atoms with Crippen LogP contribution in [-0.2, 0) is 4.74 Å². The van der Waals surface area contributed by atoms with Gasteiger partial charge in [0, 0.05) is 28.7 Å². The smallest absolute Gasteiger partial charge is 0.0921 e. The monoisotopic (exact) mass is 504 g/mol. The lowest BCUT2D eigenvalue weighted by molar-refractivity contribution is -0.107. The molecule has 9 atom stereocenters. The van der Waals surface area contributed by atoms with Crippen LogP contribution in [0.3, 0.4) is 0 Å². The Bertz CT molecular complexity index is 1000. The van der Waals surface area contributed by atoms with Crippen molar-refractivity contribution in [3.8, 4) is 0 Å². The molecule has 0 N–H and O–H groups in total. The third-order valence-electron chi connectivity index (χ3n) is 10.2. The maximum absolute atomic E-state index is 7.25. The third kappa shape index (κ3) is 4.06. The molecule has 0 spiro atoms. The molecule has 4 aliphatic carbocycles. The van der Waals surface area contributed by atoms with Gasteiger partial charge in [0.15, 0.2) is 0 Å². The Morgan fingerprint density at radius 2 is 1.56 bits per heavy atom. The Kier molecular flexibility index (Phi) is 6.41. The third-order valence-corrected chi connectivity index (χ3v) is 12.0. The molecule has 3 nitrogen and oxygen atoms in total. The fourth-order valence-electron chi connectivity index (χ4n) is 8.43. The summed E-state index contributed by atoms with van der Waals surface area (Å²) >= 11 is 2.35. The lowest BCUT2D eigenvalue weighted by Crippen LogP contribution is -2.71. The van der Waals surface area contributed by atoms with Crippen molar-refractivity contribution in [1.82, 2.24) is 4.90 Å². The van der Waals surface area contributed by atoms with Crippen LogP contribution in [-0.4, -0.2) is 51.8 Å². The molecule has 36 heavy (non-hydrogen) atoms. The van der Waals surface area contributed by atoms with Crippen molar-refractivity contribution in [3.63, 3.8) is 0 Å². The number of nitrogens with zero attached hydrogens (tertiary/aromatic N) is 2. The van der Waals surface area contributed by atoms with Gasteiger partial charge in [-0.05, 0) is 76.0 Å². The van der Waals surface area contributed by atoms with Crippen LogP contribution in [0.15, 0.2) is 48.2 Å². The molecule has 0 aromatic heterocycles. The quantitative estimate of drug-likeness (QED) is 0.421. The molecule has 2 heterocycles.